The van der Waals surface area contributed by atoms with Crippen molar-refractivity contribution < 1.29 is 25.0 Å². The van der Waals surface area contributed by atoms with E-state index in [1.165, 1.54) is 0 Å². The van der Waals surface area contributed by atoms with Crippen LogP contribution >= 0.6 is 0 Å². The quantitative estimate of drug-likeness (QED) is 0.394. The van der Waals surface area contributed by atoms with Crippen molar-refractivity contribution >= 4 is 0 Å². The van der Waals surface area contributed by atoms with E-state index in [1.807, 2.05) is 20.8 Å². The van der Waals surface area contributed by atoms with Crippen molar-refractivity contribution in [1.82, 2.24) is 0 Å². The monoisotopic (exact) mass is 236 g/mol. The molecule has 0 aromatic carbocycles. The lowest BCUT2D eigenvalue weighted by atomic mass is 10.2. The van der Waals surface area contributed by atoms with Crippen LogP contribution < -0.4 is 4.90 Å². The minimum atomic E-state index is -0.563. The third-order valence-electron chi connectivity index (χ3n) is 2.16. The summed E-state index contributed by atoms with van der Waals surface area (Å²) >= 11 is 0. The van der Waals surface area contributed by atoms with Crippen molar-refractivity contribution in [1.29, 1.82) is 0 Å². The van der Waals surface area contributed by atoms with E-state index in [0.717, 1.165) is 4.90 Å². The molecular weight excluding hydrogens is 210 g/mol. The second-order valence-electron chi connectivity index (χ2n) is 4.98. The van der Waals surface area contributed by atoms with Gasteiger partial charge in [-0.15, -0.1) is 0 Å². The van der Waals surface area contributed by atoms with Crippen molar-refractivity contribution in [3.05, 3.63) is 0 Å². The van der Waals surface area contributed by atoms with Gasteiger partial charge in [-0.3, -0.25) is 0 Å². The summed E-state index contributed by atoms with van der Waals surface area (Å²) in [4.78, 5) is 0.981. The highest BCUT2D eigenvalue weighted by Crippen LogP contribution is 2.06. The van der Waals surface area contributed by atoms with Crippen LogP contribution in [-0.4, -0.2) is 66.5 Å². The van der Waals surface area contributed by atoms with Gasteiger partial charge in [-0.1, -0.05) is 0 Å². The summed E-state index contributed by atoms with van der Waals surface area (Å²) in [5.41, 5.74) is -0.255. The first-order valence-corrected chi connectivity index (χ1v) is 5.76. The lowest BCUT2D eigenvalue weighted by Crippen LogP contribution is -3.14. The zero-order valence-electron chi connectivity index (χ0n) is 10.6. The Morgan fingerprint density at radius 2 is 1.62 bits per heavy atom. The largest absolute Gasteiger partial charge is 0.391 e. The Hall–Kier alpha value is -0.200. The Morgan fingerprint density at radius 1 is 1.12 bits per heavy atom. The molecule has 98 valence electrons. The van der Waals surface area contributed by atoms with Crippen LogP contribution in [0.1, 0.15) is 20.8 Å². The molecule has 0 saturated carbocycles. The van der Waals surface area contributed by atoms with E-state index < -0.39 is 6.10 Å². The number of aliphatic hydroxyl groups is 3. The van der Waals surface area contributed by atoms with E-state index in [9.17, 15) is 5.11 Å². The molecule has 4 N–H and O–H groups in total. The molecule has 0 aromatic rings. The molecule has 0 aliphatic rings. The topological polar surface area (TPSA) is 74.4 Å². The molecule has 0 saturated heterocycles. The van der Waals surface area contributed by atoms with E-state index in [4.69, 9.17) is 14.9 Å². The van der Waals surface area contributed by atoms with Crippen molar-refractivity contribution in [2.45, 2.75) is 32.5 Å². The molecule has 0 heterocycles. The molecule has 16 heavy (non-hydrogen) atoms. The number of nitrogens with one attached hydrogen (secondary N) is 1. The Labute approximate surface area is 97.6 Å². The third kappa shape index (κ3) is 9.06. The fourth-order valence-corrected chi connectivity index (χ4v) is 1.38. The normalized spacial score (nSPS) is 14.4. The van der Waals surface area contributed by atoms with Gasteiger partial charge in [0.15, 0.2) is 0 Å². The Bertz CT molecular complexity index is 164. The van der Waals surface area contributed by atoms with Crippen LogP contribution in [-0.2, 0) is 4.74 Å². The van der Waals surface area contributed by atoms with Crippen LogP contribution in [0.3, 0.4) is 0 Å². The van der Waals surface area contributed by atoms with Crippen molar-refractivity contribution in [3.8, 4) is 0 Å². The highest BCUT2D eigenvalue weighted by atomic mass is 16.5. The van der Waals surface area contributed by atoms with Crippen molar-refractivity contribution in [2.24, 2.45) is 0 Å². The SMILES string of the molecule is CC(C)(C)OC[C@H](O)C[NH+](CCO)CCO. The molecular formula is C11H26NO4+. The molecule has 0 spiro atoms. The average molecular weight is 236 g/mol. The minimum Gasteiger partial charge on any atom is -0.391 e. The van der Waals surface area contributed by atoms with Gasteiger partial charge in [0.05, 0.1) is 25.4 Å². The van der Waals surface area contributed by atoms with Gasteiger partial charge in [-0.25, -0.2) is 0 Å². The van der Waals surface area contributed by atoms with Crippen LogP contribution in [0.15, 0.2) is 0 Å². The summed E-state index contributed by atoms with van der Waals surface area (Å²) in [6, 6.07) is 0. The number of ether oxygens (including phenoxy) is 1. The predicted octanol–water partition coefficient (Wildman–Crippen LogP) is -1.97. The molecule has 0 amide bonds. The zero-order valence-corrected chi connectivity index (χ0v) is 10.6. The lowest BCUT2D eigenvalue weighted by molar-refractivity contribution is -0.904. The van der Waals surface area contributed by atoms with E-state index in [1.54, 1.807) is 0 Å². The smallest absolute Gasteiger partial charge is 0.126 e. The number of hydrogen-bond donors (Lipinski definition) is 4. The Balaban J connectivity index is 3.85. The summed E-state index contributed by atoms with van der Waals surface area (Å²) in [6.07, 6.45) is -0.563. The van der Waals surface area contributed by atoms with Crippen LogP contribution in [0.4, 0.5) is 0 Å². The predicted molar refractivity (Wildman–Crippen MR) is 61.4 cm³/mol. The summed E-state index contributed by atoms with van der Waals surface area (Å²) in [7, 11) is 0. The van der Waals surface area contributed by atoms with Gasteiger partial charge >= 0.3 is 0 Å². The molecule has 5 nitrogen and oxygen atoms in total. The number of rotatable bonds is 8. The first-order valence-electron chi connectivity index (χ1n) is 5.76. The van der Waals surface area contributed by atoms with E-state index >= 15 is 0 Å². The number of quaternary nitrogens is 1. The zero-order chi connectivity index (χ0) is 12.6. The molecule has 0 aliphatic heterocycles. The maximum Gasteiger partial charge on any atom is 0.126 e. The second kappa shape index (κ2) is 7.97. The van der Waals surface area contributed by atoms with Gasteiger partial charge in [0, 0.05) is 0 Å². The second-order valence-corrected chi connectivity index (χ2v) is 4.98. The molecule has 0 unspecified atom stereocenters. The molecule has 0 aliphatic carbocycles. The average Bonchev–Trinajstić information content (AvgIpc) is 2.14. The summed E-state index contributed by atoms with van der Waals surface area (Å²) < 4.78 is 5.46. The molecule has 0 fully saturated rings. The Kier molecular flexibility index (Phi) is 7.87. The molecule has 1 atom stereocenters. The van der Waals surface area contributed by atoms with Crippen LogP contribution in [0.2, 0.25) is 0 Å². The van der Waals surface area contributed by atoms with Gasteiger partial charge in [0.2, 0.25) is 0 Å². The fourth-order valence-electron chi connectivity index (χ4n) is 1.38. The lowest BCUT2D eigenvalue weighted by Gasteiger charge is -2.24. The summed E-state index contributed by atoms with van der Waals surface area (Å²) in [5.74, 6) is 0. The maximum absolute atomic E-state index is 9.73. The molecule has 5 heteroatoms. The Morgan fingerprint density at radius 3 is 2.00 bits per heavy atom. The van der Waals surface area contributed by atoms with Crippen molar-refractivity contribution in [3.63, 3.8) is 0 Å². The van der Waals surface area contributed by atoms with Gasteiger partial charge in [0.25, 0.3) is 0 Å². The third-order valence-corrected chi connectivity index (χ3v) is 2.16. The molecule has 0 rings (SSSR count). The van der Waals surface area contributed by atoms with Gasteiger partial charge in [-0.05, 0) is 20.8 Å². The molecule has 0 bridgehead atoms. The first kappa shape index (κ1) is 15.8. The standard InChI is InChI=1S/C11H25NO4/c1-11(2,3)16-9-10(15)8-12(4-6-13)5-7-14/h10,13-15H,4-9H2,1-3H3/p+1/t10-/m1/s1. The van der Waals surface area contributed by atoms with Gasteiger partial charge < -0.3 is 25.0 Å². The van der Waals surface area contributed by atoms with Crippen LogP contribution in [0.5, 0.6) is 0 Å². The van der Waals surface area contributed by atoms with Crippen molar-refractivity contribution in [2.75, 3.05) is 39.5 Å². The first-order chi connectivity index (χ1) is 7.39. The fraction of sp³-hybridized carbons (Fsp3) is 1.00. The highest BCUT2D eigenvalue weighted by molar-refractivity contribution is 4.61. The molecule has 0 aromatic heterocycles. The molecule has 0 radical (unpaired) electrons. The minimum absolute atomic E-state index is 0.0577. The summed E-state index contributed by atoms with van der Waals surface area (Å²) in [6.45, 7) is 7.76. The summed E-state index contributed by atoms with van der Waals surface area (Å²) in [5, 5.41) is 27.4. The highest BCUT2D eigenvalue weighted by Gasteiger charge is 2.18. The van der Waals surface area contributed by atoms with Gasteiger partial charge in [-0.2, -0.15) is 0 Å². The maximum atomic E-state index is 9.73. The van der Waals surface area contributed by atoms with E-state index in [-0.39, 0.29) is 25.4 Å². The van der Waals surface area contributed by atoms with Crippen LogP contribution in [0, 0.1) is 0 Å². The van der Waals surface area contributed by atoms with Gasteiger partial charge in [0.1, 0.15) is 25.7 Å². The number of hydrogen-bond acceptors (Lipinski definition) is 4. The van der Waals surface area contributed by atoms with Crippen LogP contribution in [0.25, 0.3) is 0 Å². The van der Waals surface area contributed by atoms with E-state index in [0.29, 0.717) is 19.6 Å². The van der Waals surface area contributed by atoms with E-state index in [2.05, 4.69) is 0 Å². The number of aliphatic hydroxyl groups excluding tert-OH is 3.